The minimum atomic E-state index is 0.677. The fraction of sp³-hybridized carbons (Fsp3) is 0.500. The van der Waals surface area contributed by atoms with Crippen LogP contribution >= 0.6 is 12.6 Å². The zero-order valence-corrected chi connectivity index (χ0v) is 11.3. The van der Waals surface area contributed by atoms with Crippen LogP contribution < -0.4 is 19.5 Å². The molecule has 4 nitrogen and oxygen atoms in total. The third kappa shape index (κ3) is 3.71. The number of hydrogen-bond acceptors (Lipinski definition) is 5. The zero-order valence-electron chi connectivity index (χ0n) is 10.4. The molecule has 1 aromatic carbocycles. The molecule has 0 unspecified atom stereocenters. The van der Waals surface area contributed by atoms with E-state index < -0.39 is 0 Å². The first kappa shape index (κ1) is 14.0. The van der Waals surface area contributed by atoms with Gasteiger partial charge < -0.3 is 19.5 Å². The van der Waals surface area contributed by atoms with Gasteiger partial charge in [-0.2, -0.15) is 12.6 Å². The summed E-state index contributed by atoms with van der Waals surface area (Å²) in [6.45, 7) is 1.51. The second kappa shape index (κ2) is 7.29. The fourth-order valence-corrected chi connectivity index (χ4v) is 1.70. The minimum Gasteiger partial charge on any atom is -0.496 e. The van der Waals surface area contributed by atoms with Crippen LogP contribution in [0.4, 0.5) is 0 Å². The molecule has 96 valence electrons. The first-order valence-electron chi connectivity index (χ1n) is 5.37. The third-order valence-electron chi connectivity index (χ3n) is 2.41. The first-order chi connectivity index (χ1) is 8.26. The molecule has 0 heterocycles. The second-order valence-corrected chi connectivity index (χ2v) is 3.86. The maximum Gasteiger partial charge on any atom is 0.130 e. The van der Waals surface area contributed by atoms with Gasteiger partial charge >= 0.3 is 0 Å². The normalized spacial score (nSPS) is 10.1. The number of nitrogens with one attached hydrogen (secondary N) is 1. The van der Waals surface area contributed by atoms with Crippen LogP contribution in [0.2, 0.25) is 0 Å². The zero-order chi connectivity index (χ0) is 12.7. The summed E-state index contributed by atoms with van der Waals surface area (Å²) in [5.41, 5.74) is 0.984. The van der Waals surface area contributed by atoms with E-state index in [1.165, 1.54) is 0 Å². The molecule has 0 saturated carbocycles. The molecule has 0 aromatic heterocycles. The molecule has 0 spiro atoms. The highest BCUT2D eigenvalue weighted by Gasteiger charge is 2.12. The number of ether oxygens (including phenoxy) is 3. The minimum absolute atomic E-state index is 0.677. The van der Waals surface area contributed by atoms with E-state index in [-0.39, 0.29) is 0 Å². The van der Waals surface area contributed by atoms with Crippen molar-refractivity contribution in [3.05, 3.63) is 17.7 Å². The third-order valence-corrected chi connectivity index (χ3v) is 2.63. The van der Waals surface area contributed by atoms with E-state index in [1.807, 2.05) is 12.1 Å². The van der Waals surface area contributed by atoms with Crippen molar-refractivity contribution in [3.8, 4) is 17.2 Å². The Morgan fingerprint density at radius 1 is 1.06 bits per heavy atom. The number of thiol groups is 1. The summed E-state index contributed by atoms with van der Waals surface area (Å²) in [6, 6.07) is 3.69. The molecule has 17 heavy (non-hydrogen) atoms. The summed E-state index contributed by atoms with van der Waals surface area (Å²) in [6.07, 6.45) is 0. The average molecular weight is 257 g/mol. The molecule has 0 amide bonds. The van der Waals surface area contributed by atoms with Crippen molar-refractivity contribution in [2.75, 3.05) is 33.6 Å². The van der Waals surface area contributed by atoms with Gasteiger partial charge in [-0.05, 0) is 0 Å². The van der Waals surface area contributed by atoms with Gasteiger partial charge in [0.15, 0.2) is 0 Å². The molecule has 1 N–H and O–H groups in total. The van der Waals surface area contributed by atoms with Crippen molar-refractivity contribution < 1.29 is 14.2 Å². The lowest BCUT2D eigenvalue weighted by atomic mass is 10.1. The van der Waals surface area contributed by atoms with Gasteiger partial charge in [-0.3, -0.25) is 0 Å². The molecule has 0 atom stereocenters. The maximum absolute atomic E-state index is 5.34. The molecule has 0 aliphatic rings. The number of rotatable bonds is 7. The average Bonchev–Trinajstić information content (AvgIpc) is 2.38. The van der Waals surface area contributed by atoms with Crippen LogP contribution in [0, 0.1) is 0 Å². The molecule has 0 fully saturated rings. The molecule has 1 rings (SSSR count). The summed E-state index contributed by atoms with van der Waals surface area (Å²) in [7, 11) is 4.89. The number of benzene rings is 1. The van der Waals surface area contributed by atoms with Crippen molar-refractivity contribution in [1.29, 1.82) is 0 Å². The van der Waals surface area contributed by atoms with Crippen molar-refractivity contribution in [3.63, 3.8) is 0 Å². The van der Waals surface area contributed by atoms with Crippen LogP contribution in [0.15, 0.2) is 12.1 Å². The van der Waals surface area contributed by atoms with Gasteiger partial charge in [-0.1, -0.05) is 0 Å². The highest BCUT2D eigenvalue weighted by Crippen LogP contribution is 2.33. The Balaban J connectivity index is 2.98. The Kier molecular flexibility index (Phi) is 6.00. The Hall–Kier alpha value is -1.07. The van der Waals surface area contributed by atoms with Crippen LogP contribution in [0.1, 0.15) is 5.56 Å². The van der Waals surface area contributed by atoms with E-state index >= 15 is 0 Å². The van der Waals surface area contributed by atoms with Crippen LogP contribution in [0.3, 0.4) is 0 Å². The lowest BCUT2D eigenvalue weighted by Gasteiger charge is -2.15. The molecule has 0 aliphatic heterocycles. The topological polar surface area (TPSA) is 39.7 Å². The summed E-state index contributed by atoms with van der Waals surface area (Å²) in [4.78, 5) is 0. The summed E-state index contributed by atoms with van der Waals surface area (Å²) in [5, 5.41) is 3.26. The number of hydrogen-bond donors (Lipinski definition) is 2. The summed E-state index contributed by atoms with van der Waals surface area (Å²) < 4.78 is 15.9. The van der Waals surface area contributed by atoms with E-state index in [0.717, 1.165) is 35.1 Å². The van der Waals surface area contributed by atoms with E-state index in [2.05, 4.69) is 17.9 Å². The molecule has 0 radical (unpaired) electrons. The second-order valence-electron chi connectivity index (χ2n) is 3.41. The van der Waals surface area contributed by atoms with Crippen molar-refractivity contribution in [2.45, 2.75) is 6.54 Å². The van der Waals surface area contributed by atoms with E-state index in [9.17, 15) is 0 Å². The smallest absolute Gasteiger partial charge is 0.130 e. The molecular formula is C12H19NO3S. The quantitative estimate of drug-likeness (QED) is 0.576. The fourth-order valence-electron chi connectivity index (χ4n) is 1.54. The van der Waals surface area contributed by atoms with E-state index in [4.69, 9.17) is 14.2 Å². The monoisotopic (exact) mass is 257 g/mol. The van der Waals surface area contributed by atoms with Crippen molar-refractivity contribution in [1.82, 2.24) is 5.32 Å². The SMILES string of the molecule is COc1cc(OC)c(CNCCS)c(OC)c1. The molecule has 5 heteroatoms. The lowest BCUT2D eigenvalue weighted by Crippen LogP contribution is -2.17. The predicted octanol–water partition coefficient (Wildman–Crippen LogP) is 1.73. The van der Waals surface area contributed by atoms with Gasteiger partial charge in [-0.15, -0.1) is 0 Å². The van der Waals surface area contributed by atoms with Gasteiger partial charge in [0.2, 0.25) is 0 Å². The van der Waals surface area contributed by atoms with Crippen molar-refractivity contribution >= 4 is 12.6 Å². The Labute approximate surface area is 108 Å². The lowest BCUT2D eigenvalue weighted by molar-refractivity contribution is 0.367. The van der Waals surface area contributed by atoms with Crippen LogP contribution in [-0.4, -0.2) is 33.6 Å². The molecule has 1 aromatic rings. The van der Waals surface area contributed by atoms with Crippen molar-refractivity contribution in [2.24, 2.45) is 0 Å². The van der Waals surface area contributed by atoms with Crippen LogP contribution in [-0.2, 0) is 6.54 Å². The van der Waals surface area contributed by atoms with E-state index in [1.54, 1.807) is 21.3 Å². The van der Waals surface area contributed by atoms with Crippen LogP contribution in [0.25, 0.3) is 0 Å². The summed E-state index contributed by atoms with van der Waals surface area (Å²) in [5.74, 6) is 3.03. The van der Waals surface area contributed by atoms with Gasteiger partial charge in [0, 0.05) is 31.0 Å². The van der Waals surface area contributed by atoms with E-state index in [0.29, 0.717) is 6.54 Å². The largest absolute Gasteiger partial charge is 0.496 e. The Bertz CT molecular complexity index is 333. The molecule has 0 aliphatic carbocycles. The highest BCUT2D eigenvalue weighted by atomic mass is 32.1. The number of methoxy groups -OCH3 is 3. The molecule has 0 saturated heterocycles. The highest BCUT2D eigenvalue weighted by molar-refractivity contribution is 7.80. The van der Waals surface area contributed by atoms with Crippen LogP contribution in [0.5, 0.6) is 17.2 Å². The maximum atomic E-state index is 5.34. The van der Waals surface area contributed by atoms with Gasteiger partial charge in [-0.25, -0.2) is 0 Å². The molecule has 0 bridgehead atoms. The standard InChI is InChI=1S/C12H19NO3S/c1-14-9-6-11(15-2)10(8-13-4-5-17)12(7-9)16-3/h6-7,13,17H,4-5,8H2,1-3H3. The first-order valence-corrected chi connectivity index (χ1v) is 6.00. The summed E-state index contributed by atoms with van der Waals surface area (Å²) >= 11 is 4.15. The Morgan fingerprint density at radius 3 is 2.06 bits per heavy atom. The van der Waals surface area contributed by atoms with Gasteiger partial charge in [0.25, 0.3) is 0 Å². The van der Waals surface area contributed by atoms with Gasteiger partial charge in [0.1, 0.15) is 17.2 Å². The van der Waals surface area contributed by atoms with Gasteiger partial charge in [0.05, 0.1) is 26.9 Å². The molecular weight excluding hydrogens is 238 g/mol. The predicted molar refractivity (Wildman–Crippen MR) is 71.7 cm³/mol. The Morgan fingerprint density at radius 2 is 1.65 bits per heavy atom.